The van der Waals surface area contributed by atoms with Crippen molar-refractivity contribution in [2.24, 2.45) is 0 Å². The zero-order valence-electron chi connectivity index (χ0n) is 8.67. The van der Waals surface area contributed by atoms with Gasteiger partial charge in [0, 0.05) is 22.8 Å². The number of rotatable bonds is 0. The van der Waals surface area contributed by atoms with Gasteiger partial charge in [0.1, 0.15) is 0 Å². The van der Waals surface area contributed by atoms with Gasteiger partial charge in [-0.15, -0.1) is 0 Å². The molecule has 1 aliphatic carbocycles. The summed E-state index contributed by atoms with van der Waals surface area (Å²) in [6.45, 7) is 0. The Balaban J connectivity index is 2.74. The normalized spacial score (nSPS) is 16.9. The van der Waals surface area contributed by atoms with E-state index in [2.05, 4.69) is 34.3 Å². The number of allylic oxidation sites excluding steroid dienone is 2. The Labute approximate surface area is 92.6 Å². The van der Waals surface area contributed by atoms with Crippen molar-refractivity contribution in [3.63, 3.8) is 0 Å². The molecule has 2 aromatic rings. The van der Waals surface area contributed by atoms with Gasteiger partial charge < -0.3 is 0 Å². The van der Waals surface area contributed by atoms with E-state index >= 15 is 0 Å². The third-order valence-corrected chi connectivity index (χ3v) is 2.56. The van der Waals surface area contributed by atoms with Crippen LogP contribution in [0.4, 0.5) is 0 Å². The first kappa shape index (κ1) is 9.04. The highest BCUT2D eigenvalue weighted by atomic mass is 14.7. The SMILES string of the molecule is C1=C/C=c2/cccn/c2=c2\ncccc2=C1. The molecule has 2 aromatic heterocycles. The van der Waals surface area contributed by atoms with Crippen LogP contribution in [0.5, 0.6) is 0 Å². The Kier molecular flexibility index (Phi) is 2.11. The van der Waals surface area contributed by atoms with Gasteiger partial charge in [0.25, 0.3) is 0 Å². The molecule has 0 N–H and O–H groups in total. The van der Waals surface area contributed by atoms with Crippen molar-refractivity contribution in [2.45, 2.75) is 0 Å². The first-order chi connectivity index (χ1) is 7.95. The standard InChI is InChI=1S/C14H10N2/c1-2-6-12-8-4-10-16-14(12)13-11(5-1)7-3-9-15-13/h1-10H/b2-1?,5-1?,6-2?,11-5-,12-6?,14-13-. The summed E-state index contributed by atoms with van der Waals surface area (Å²) >= 11 is 0. The Morgan fingerprint density at radius 1 is 0.688 bits per heavy atom. The molecule has 0 unspecified atom stereocenters. The summed E-state index contributed by atoms with van der Waals surface area (Å²) in [6, 6.07) is 7.99. The molecule has 1 aliphatic rings. The summed E-state index contributed by atoms with van der Waals surface area (Å²) in [4.78, 5) is 8.83. The van der Waals surface area contributed by atoms with Crippen molar-refractivity contribution < 1.29 is 0 Å². The zero-order chi connectivity index (χ0) is 10.8. The van der Waals surface area contributed by atoms with E-state index in [0.717, 1.165) is 21.1 Å². The second kappa shape index (κ2) is 3.74. The molecule has 0 spiro atoms. The molecule has 0 radical (unpaired) electrons. The quantitative estimate of drug-likeness (QED) is 0.640. The third kappa shape index (κ3) is 1.44. The summed E-state index contributed by atoms with van der Waals surface area (Å²) < 4.78 is 0. The van der Waals surface area contributed by atoms with E-state index in [1.54, 1.807) is 12.4 Å². The van der Waals surface area contributed by atoms with Gasteiger partial charge in [-0.1, -0.05) is 36.4 Å². The maximum absolute atomic E-state index is 4.41. The van der Waals surface area contributed by atoms with Gasteiger partial charge in [0.05, 0.1) is 10.7 Å². The van der Waals surface area contributed by atoms with Gasteiger partial charge in [-0.2, -0.15) is 0 Å². The molecule has 2 heterocycles. The van der Waals surface area contributed by atoms with E-state index in [0.29, 0.717) is 0 Å². The molecule has 76 valence electrons. The molecule has 2 nitrogen and oxygen atoms in total. The van der Waals surface area contributed by atoms with Crippen molar-refractivity contribution >= 4 is 12.2 Å². The lowest BCUT2D eigenvalue weighted by atomic mass is 10.2. The van der Waals surface area contributed by atoms with Gasteiger partial charge in [-0.05, 0) is 12.1 Å². The minimum Gasteiger partial charge on any atom is -0.254 e. The van der Waals surface area contributed by atoms with Crippen LogP contribution in [0.15, 0.2) is 48.8 Å². The number of pyridine rings is 2. The predicted octanol–water partition coefficient (Wildman–Crippen LogP) is 0.894. The van der Waals surface area contributed by atoms with E-state index in [1.807, 2.05) is 24.3 Å². The molecule has 3 rings (SSSR count). The van der Waals surface area contributed by atoms with Crippen LogP contribution in [-0.4, -0.2) is 9.97 Å². The van der Waals surface area contributed by atoms with Crippen LogP contribution in [-0.2, 0) is 0 Å². The molecule has 0 saturated carbocycles. The monoisotopic (exact) mass is 206 g/mol. The maximum Gasteiger partial charge on any atom is 0.0964 e. The topological polar surface area (TPSA) is 25.8 Å². The highest BCUT2D eigenvalue weighted by Crippen LogP contribution is 1.87. The average molecular weight is 206 g/mol. The molecule has 16 heavy (non-hydrogen) atoms. The molecular weight excluding hydrogens is 196 g/mol. The molecule has 0 aromatic carbocycles. The van der Waals surface area contributed by atoms with E-state index in [9.17, 15) is 0 Å². The van der Waals surface area contributed by atoms with Crippen LogP contribution in [0.25, 0.3) is 12.2 Å². The molecule has 2 heteroatoms. The maximum atomic E-state index is 4.41. The van der Waals surface area contributed by atoms with Crippen molar-refractivity contribution in [3.05, 3.63) is 69.9 Å². The fourth-order valence-corrected chi connectivity index (χ4v) is 1.82. The van der Waals surface area contributed by atoms with Gasteiger partial charge in [-0.3, -0.25) is 9.97 Å². The van der Waals surface area contributed by atoms with E-state index < -0.39 is 0 Å². The summed E-state index contributed by atoms with van der Waals surface area (Å²) in [5.74, 6) is 0. The molecule has 0 fully saturated rings. The smallest absolute Gasteiger partial charge is 0.0964 e. The van der Waals surface area contributed by atoms with Crippen LogP contribution in [0, 0.1) is 10.7 Å². The van der Waals surface area contributed by atoms with Gasteiger partial charge in [0.15, 0.2) is 0 Å². The summed E-state index contributed by atoms with van der Waals surface area (Å²) in [5.41, 5.74) is 0. The molecule has 0 saturated heterocycles. The second-order valence-electron chi connectivity index (χ2n) is 3.60. The molecular formula is C14H10N2. The lowest BCUT2D eigenvalue weighted by Gasteiger charge is -1.93. The second-order valence-corrected chi connectivity index (χ2v) is 3.60. The Bertz CT molecular complexity index is 692. The van der Waals surface area contributed by atoms with E-state index in [-0.39, 0.29) is 0 Å². The molecule has 0 bridgehead atoms. The lowest BCUT2D eigenvalue weighted by molar-refractivity contribution is 1.11. The minimum atomic E-state index is 0.943. The van der Waals surface area contributed by atoms with Crippen molar-refractivity contribution in [1.29, 1.82) is 0 Å². The number of hydrogen-bond acceptors (Lipinski definition) is 2. The first-order valence-corrected chi connectivity index (χ1v) is 5.20. The van der Waals surface area contributed by atoms with Crippen LogP contribution < -0.4 is 10.4 Å². The van der Waals surface area contributed by atoms with Crippen molar-refractivity contribution in [2.75, 3.05) is 0 Å². The minimum absolute atomic E-state index is 0.943. The van der Waals surface area contributed by atoms with Crippen LogP contribution in [0.2, 0.25) is 0 Å². The third-order valence-electron chi connectivity index (χ3n) is 2.56. The molecule has 0 atom stereocenters. The number of aromatic nitrogens is 2. The summed E-state index contributed by atoms with van der Waals surface area (Å²) in [5, 5.41) is 4.09. The average Bonchev–Trinajstić information content (AvgIpc) is 2.33. The van der Waals surface area contributed by atoms with Crippen LogP contribution >= 0.6 is 0 Å². The van der Waals surface area contributed by atoms with Gasteiger partial charge in [-0.25, -0.2) is 0 Å². The summed E-state index contributed by atoms with van der Waals surface area (Å²) in [7, 11) is 0. The van der Waals surface area contributed by atoms with Gasteiger partial charge >= 0.3 is 0 Å². The highest BCUT2D eigenvalue weighted by Gasteiger charge is 1.92. The number of hydrogen-bond donors (Lipinski definition) is 0. The van der Waals surface area contributed by atoms with Crippen molar-refractivity contribution in [1.82, 2.24) is 9.97 Å². The Hall–Kier alpha value is -2.22. The first-order valence-electron chi connectivity index (χ1n) is 5.20. The highest BCUT2D eigenvalue weighted by molar-refractivity contribution is 5.47. The Morgan fingerprint density at radius 2 is 1.19 bits per heavy atom. The zero-order valence-corrected chi connectivity index (χ0v) is 8.67. The van der Waals surface area contributed by atoms with Crippen molar-refractivity contribution in [3.8, 4) is 0 Å². The summed E-state index contributed by atoms with van der Waals surface area (Å²) in [6.07, 6.45) is 11.8. The molecule has 0 amide bonds. The van der Waals surface area contributed by atoms with Gasteiger partial charge in [0.2, 0.25) is 0 Å². The lowest BCUT2D eigenvalue weighted by Crippen LogP contribution is -2.13. The Morgan fingerprint density at radius 3 is 1.69 bits per heavy atom. The number of fused-ring (bicyclic) bond motifs is 2. The predicted molar refractivity (Wildman–Crippen MR) is 63.5 cm³/mol. The van der Waals surface area contributed by atoms with Crippen LogP contribution in [0.1, 0.15) is 0 Å². The fourth-order valence-electron chi connectivity index (χ4n) is 1.82. The largest absolute Gasteiger partial charge is 0.254 e. The van der Waals surface area contributed by atoms with E-state index in [1.165, 1.54) is 0 Å². The fraction of sp³-hybridized carbons (Fsp3) is 0. The molecule has 0 aliphatic heterocycles. The van der Waals surface area contributed by atoms with Crippen LogP contribution in [0.3, 0.4) is 0 Å². The van der Waals surface area contributed by atoms with E-state index in [4.69, 9.17) is 0 Å². The number of nitrogens with zero attached hydrogens (tertiary/aromatic N) is 2.